The zero-order valence-corrected chi connectivity index (χ0v) is 17.2. The van der Waals surface area contributed by atoms with Crippen LogP contribution in [-0.2, 0) is 4.79 Å². The highest BCUT2D eigenvalue weighted by atomic mass is 19.1. The van der Waals surface area contributed by atoms with E-state index in [1.54, 1.807) is 30.3 Å². The van der Waals surface area contributed by atoms with Crippen LogP contribution >= 0.6 is 0 Å². The van der Waals surface area contributed by atoms with Crippen molar-refractivity contribution in [3.63, 3.8) is 0 Å². The topological polar surface area (TPSA) is 81.1 Å². The van der Waals surface area contributed by atoms with Gasteiger partial charge in [0.05, 0.1) is 33.0 Å². The number of hydrogen-bond donors (Lipinski definition) is 3. The van der Waals surface area contributed by atoms with E-state index in [9.17, 15) is 14.0 Å². The second-order valence-corrected chi connectivity index (χ2v) is 7.30. The van der Waals surface area contributed by atoms with E-state index >= 15 is 0 Å². The second kappa shape index (κ2) is 10.1. The normalized spacial score (nSPS) is 18.4. The van der Waals surface area contributed by atoms with E-state index in [1.165, 1.54) is 26.4 Å². The first kappa shape index (κ1) is 21.6. The predicted molar refractivity (Wildman–Crippen MR) is 111 cm³/mol. The van der Waals surface area contributed by atoms with Crippen molar-refractivity contribution in [3.8, 4) is 11.5 Å². The maximum atomic E-state index is 13.7. The quantitative estimate of drug-likeness (QED) is 0.635. The fourth-order valence-corrected chi connectivity index (χ4v) is 3.54. The molecular formula is C22H27FN3O4+. The van der Waals surface area contributed by atoms with E-state index < -0.39 is 5.82 Å². The van der Waals surface area contributed by atoms with Gasteiger partial charge in [-0.2, -0.15) is 0 Å². The number of methoxy groups -OCH3 is 2. The summed E-state index contributed by atoms with van der Waals surface area (Å²) < 4.78 is 24.1. The van der Waals surface area contributed by atoms with Crippen LogP contribution in [0, 0.1) is 5.82 Å². The number of nitrogens with one attached hydrogen (secondary N) is 3. The van der Waals surface area contributed by atoms with Crippen molar-refractivity contribution >= 4 is 17.5 Å². The molecule has 3 N–H and O–H groups in total. The van der Waals surface area contributed by atoms with Gasteiger partial charge in [-0.05, 0) is 24.3 Å². The Kier molecular flexibility index (Phi) is 7.24. The molecule has 0 aromatic heterocycles. The molecule has 0 saturated carbocycles. The lowest BCUT2D eigenvalue weighted by molar-refractivity contribution is -0.897. The summed E-state index contributed by atoms with van der Waals surface area (Å²) in [6, 6.07) is 11.2. The summed E-state index contributed by atoms with van der Waals surface area (Å²) in [6.07, 6.45) is 1.52. The number of anilines is 1. The smallest absolute Gasteiger partial charge is 0.279 e. The molecule has 3 rings (SSSR count). The summed E-state index contributed by atoms with van der Waals surface area (Å²) in [4.78, 5) is 25.9. The Morgan fingerprint density at radius 2 is 1.70 bits per heavy atom. The van der Waals surface area contributed by atoms with Crippen molar-refractivity contribution in [2.45, 2.75) is 18.9 Å². The molecule has 1 saturated heterocycles. The number of para-hydroxylation sites is 1. The Morgan fingerprint density at radius 3 is 2.30 bits per heavy atom. The van der Waals surface area contributed by atoms with Gasteiger partial charge >= 0.3 is 0 Å². The molecule has 7 nitrogen and oxygen atoms in total. The lowest BCUT2D eigenvalue weighted by atomic mass is 10.0. The number of benzene rings is 2. The fraction of sp³-hybridized carbons (Fsp3) is 0.364. The van der Waals surface area contributed by atoms with E-state index in [4.69, 9.17) is 9.47 Å². The molecule has 1 aliphatic heterocycles. The van der Waals surface area contributed by atoms with E-state index in [1.807, 2.05) is 0 Å². The van der Waals surface area contributed by atoms with Crippen LogP contribution in [0.1, 0.15) is 23.2 Å². The molecule has 1 aliphatic rings. The molecule has 30 heavy (non-hydrogen) atoms. The third-order valence-corrected chi connectivity index (χ3v) is 5.20. The van der Waals surface area contributed by atoms with Crippen LogP contribution in [0.4, 0.5) is 10.1 Å². The van der Waals surface area contributed by atoms with Crippen LogP contribution in [0.15, 0.2) is 42.5 Å². The minimum absolute atomic E-state index is 0.0353. The number of halogens is 1. The van der Waals surface area contributed by atoms with Crippen molar-refractivity contribution in [2.75, 3.05) is 39.2 Å². The number of likely N-dealkylation sites (tertiary alicyclic amines) is 1. The molecule has 2 aromatic rings. The Bertz CT molecular complexity index is 875. The van der Waals surface area contributed by atoms with Gasteiger partial charge in [-0.3, -0.25) is 9.59 Å². The van der Waals surface area contributed by atoms with Crippen LogP contribution in [0.2, 0.25) is 0 Å². The number of quaternary nitrogens is 1. The first-order valence-corrected chi connectivity index (χ1v) is 9.90. The van der Waals surface area contributed by atoms with Crippen molar-refractivity contribution in [1.29, 1.82) is 0 Å². The number of ether oxygens (including phenoxy) is 2. The molecule has 2 amide bonds. The lowest BCUT2D eigenvalue weighted by Gasteiger charge is -2.29. The Balaban J connectivity index is 1.48. The van der Waals surface area contributed by atoms with E-state index in [2.05, 4.69) is 10.6 Å². The molecule has 8 heteroatoms. The zero-order valence-electron chi connectivity index (χ0n) is 17.2. The van der Waals surface area contributed by atoms with Gasteiger partial charge in [0.15, 0.2) is 6.54 Å². The maximum absolute atomic E-state index is 13.7. The first-order chi connectivity index (χ1) is 14.5. The molecule has 1 heterocycles. The van der Waals surface area contributed by atoms with E-state index in [-0.39, 0.29) is 30.1 Å². The summed E-state index contributed by atoms with van der Waals surface area (Å²) in [5, 5.41) is 5.66. The van der Waals surface area contributed by atoms with Gasteiger partial charge in [-0.25, -0.2) is 4.39 Å². The number of amides is 2. The summed E-state index contributed by atoms with van der Waals surface area (Å²) in [6.45, 7) is 1.76. The van der Waals surface area contributed by atoms with Crippen LogP contribution in [-0.4, -0.2) is 51.7 Å². The van der Waals surface area contributed by atoms with Gasteiger partial charge in [0.25, 0.3) is 11.8 Å². The summed E-state index contributed by atoms with van der Waals surface area (Å²) in [5.41, 5.74) is 0.669. The predicted octanol–water partition coefficient (Wildman–Crippen LogP) is 1.26. The highest BCUT2D eigenvalue weighted by molar-refractivity contribution is 5.95. The van der Waals surface area contributed by atoms with Gasteiger partial charge in [-0.15, -0.1) is 0 Å². The largest absolute Gasteiger partial charge is 0.497 e. The molecule has 160 valence electrons. The highest BCUT2D eigenvalue weighted by Gasteiger charge is 2.26. The van der Waals surface area contributed by atoms with Crippen molar-refractivity contribution < 1.29 is 28.4 Å². The van der Waals surface area contributed by atoms with Crippen LogP contribution in [0.25, 0.3) is 0 Å². The number of piperidine rings is 1. The van der Waals surface area contributed by atoms with E-state index in [0.29, 0.717) is 17.1 Å². The minimum Gasteiger partial charge on any atom is -0.497 e. The van der Waals surface area contributed by atoms with Gasteiger partial charge in [0.2, 0.25) is 0 Å². The van der Waals surface area contributed by atoms with Gasteiger partial charge in [-0.1, -0.05) is 12.1 Å². The number of carbonyl (C=O) groups is 2. The Morgan fingerprint density at radius 1 is 1.07 bits per heavy atom. The molecule has 0 atom stereocenters. The molecule has 0 radical (unpaired) electrons. The van der Waals surface area contributed by atoms with Crippen LogP contribution in [0.5, 0.6) is 11.5 Å². The highest BCUT2D eigenvalue weighted by Crippen LogP contribution is 2.22. The van der Waals surface area contributed by atoms with Crippen LogP contribution in [0.3, 0.4) is 0 Å². The van der Waals surface area contributed by atoms with E-state index in [0.717, 1.165) is 30.8 Å². The average molecular weight is 416 g/mol. The third kappa shape index (κ3) is 5.70. The van der Waals surface area contributed by atoms with Crippen molar-refractivity contribution in [1.82, 2.24) is 5.32 Å². The molecular weight excluding hydrogens is 389 g/mol. The summed E-state index contributed by atoms with van der Waals surface area (Å²) in [7, 11) is 3.08. The van der Waals surface area contributed by atoms with Gasteiger partial charge in [0, 0.05) is 30.5 Å². The third-order valence-electron chi connectivity index (χ3n) is 5.20. The van der Waals surface area contributed by atoms with Gasteiger partial charge in [0.1, 0.15) is 17.3 Å². The lowest BCUT2D eigenvalue weighted by Crippen LogP contribution is -3.14. The molecule has 1 fully saturated rings. The van der Waals surface area contributed by atoms with Crippen molar-refractivity contribution in [2.24, 2.45) is 0 Å². The fourth-order valence-electron chi connectivity index (χ4n) is 3.54. The SMILES string of the molecule is COc1cc(OC)cc(C(=O)NC2CC[NH+](CC(=O)Nc3ccccc3F)CC2)c1. The van der Waals surface area contributed by atoms with Crippen molar-refractivity contribution in [3.05, 3.63) is 53.8 Å². The standard InChI is InChI=1S/C22H26FN3O4/c1-29-17-11-15(12-18(13-17)30-2)22(28)24-16-7-9-26(10-8-16)14-21(27)25-20-6-4-3-5-19(20)23/h3-6,11-13,16H,7-10,14H2,1-2H3,(H,24,28)(H,25,27)/p+1. The number of carbonyl (C=O) groups excluding carboxylic acids is 2. The molecule has 0 spiro atoms. The van der Waals surface area contributed by atoms with Crippen LogP contribution < -0.4 is 25.0 Å². The minimum atomic E-state index is -0.448. The number of hydrogen-bond acceptors (Lipinski definition) is 4. The number of rotatable bonds is 7. The summed E-state index contributed by atoms with van der Waals surface area (Å²) in [5.74, 6) is 0.259. The zero-order chi connectivity index (χ0) is 21.5. The molecule has 0 unspecified atom stereocenters. The molecule has 2 aromatic carbocycles. The molecule has 0 aliphatic carbocycles. The average Bonchev–Trinajstić information content (AvgIpc) is 2.76. The Hall–Kier alpha value is -3.13. The van der Waals surface area contributed by atoms with Gasteiger partial charge < -0.3 is 25.0 Å². The first-order valence-electron chi connectivity index (χ1n) is 9.90. The maximum Gasteiger partial charge on any atom is 0.279 e. The second-order valence-electron chi connectivity index (χ2n) is 7.30. The Labute approximate surface area is 175 Å². The molecule has 0 bridgehead atoms. The monoisotopic (exact) mass is 416 g/mol. The summed E-state index contributed by atoms with van der Waals surface area (Å²) >= 11 is 0.